The van der Waals surface area contributed by atoms with Crippen molar-refractivity contribution in [2.75, 3.05) is 23.9 Å². The van der Waals surface area contributed by atoms with Crippen LogP contribution in [0.15, 0.2) is 72.9 Å². The Morgan fingerprint density at radius 1 is 0.929 bits per heavy atom. The number of rotatable bonds is 13. The van der Waals surface area contributed by atoms with E-state index in [2.05, 4.69) is 15.6 Å². The fourth-order valence-corrected chi connectivity index (χ4v) is 5.20. The Kier molecular flexibility index (Phi) is 11.3. The summed E-state index contributed by atoms with van der Waals surface area (Å²) in [4.78, 5) is 46.2. The minimum Gasteiger partial charge on any atom is -0.497 e. The maximum absolute atomic E-state index is 14.0. The molecule has 1 aliphatic rings. The predicted octanol–water partition coefficient (Wildman–Crippen LogP) is 5.82. The zero-order chi connectivity index (χ0) is 29.7. The van der Waals surface area contributed by atoms with Crippen LogP contribution in [0.1, 0.15) is 69.9 Å². The van der Waals surface area contributed by atoms with Crippen LogP contribution in [0.25, 0.3) is 0 Å². The summed E-state index contributed by atoms with van der Waals surface area (Å²) in [7, 11) is 1.59. The van der Waals surface area contributed by atoms with E-state index in [4.69, 9.17) is 9.47 Å². The number of amides is 3. The second-order valence-electron chi connectivity index (χ2n) is 10.3. The van der Waals surface area contributed by atoms with E-state index in [1.54, 1.807) is 72.8 Å². The molecule has 2 N–H and O–H groups in total. The van der Waals surface area contributed by atoms with Gasteiger partial charge in [0.25, 0.3) is 0 Å². The molecule has 42 heavy (non-hydrogen) atoms. The first kappa shape index (κ1) is 30.6. The summed E-state index contributed by atoms with van der Waals surface area (Å²) in [5, 5.41) is 5.98. The summed E-state index contributed by atoms with van der Waals surface area (Å²) in [5.74, 6) is 1.07. The number of hydrogen-bond acceptors (Lipinski definition) is 6. The first-order valence-corrected chi connectivity index (χ1v) is 14.7. The third kappa shape index (κ3) is 8.55. The Labute approximate surface area is 247 Å². The molecule has 0 radical (unpaired) electrons. The lowest BCUT2D eigenvalue weighted by atomic mass is 9.94. The van der Waals surface area contributed by atoms with Gasteiger partial charge in [0.05, 0.1) is 13.7 Å². The van der Waals surface area contributed by atoms with Gasteiger partial charge >= 0.3 is 0 Å². The first-order valence-electron chi connectivity index (χ1n) is 14.7. The number of carbonyl (C=O) groups excluding carboxylic acids is 3. The number of nitrogens with zero attached hydrogens (tertiary/aromatic N) is 2. The van der Waals surface area contributed by atoms with E-state index in [1.165, 1.54) is 6.42 Å². The number of nitrogens with one attached hydrogen (secondary N) is 2. The van der Waals surface area contributed by atoms with Crippen molar-refractivity contribution in [2.24, 2.45) is 0 Å². The molecule has 1 heterocycles. The van der Waals surface area contributed by atoms with Crippen LogP contribution in [0.5, 0.6) is 11.5 Å². The van der Waals surface area contributed by atoms with Crippen molar-refractivity contribution in [2.45, 2.75) is 70.4 Å². The number of carbonyl (C=O) groups is 3. The van der Waals surface area contributed by atoms with E-state index in [0.29, 0.717) is 41.6 Å². The number of benzene rings is 2. The maximum atomic E-state index is 14.0. The predicted molar refractivity (Wildman–Crippen MR) is 163 cm³/mol. The zero-order valence-corrected chi connectivity index (χ0v) is 24.4. The normalized spacial score (nSPS) is 14.0. The molecule has 0 bridgehead atoms. The van der Waals surface area contributed by atoms with Crippen LogP contribution in [0.4, 0.5) is 11.5 Å². The van der Waals surface area contributed by atoms with Gasteiger partial charge in [-0.2, -0.15) is 0 Å². The Morgan fingerprint density at radius 2 is 1.64 bits per heavy atom. The Morgan fingerprint density at radius 3 is 2.29 bits per heavy atom. The lowest BCUT2D eigenvalue weighted by molar-refractivity contribution is -0.127. The molecule has 0 unspecified atom stereocenters. The van der Waals surface area contributed by atoms with Gasteiger partial charge in [0.2, 0.25) is 17.7 Å². The fraction of sp³-hybridized carbons (Fsp3) is 0.394. The van der Waals surface area contributed by atoms with E-state index in [-0.39, 0.29) is 36.6 Å². The highest BCUT2D eigenvalue weighted by molar-refractivity contribution is 6.01. The van der Waals surface area contributed by atoms with Crippen molar-refractivity contribution >= 4 is 29.2 Å². The van der Waals surface area contributed by atoms with Gasteiger partial charge in [0, 0.05) is 30.8 Å². The van der Waals surface area contributed by atoms with Crippen molar-refractivity contribution < 1.29 is 23.9 Å². The summed E-state index contributed by atoms with van der Waals surface area (Å²) in [6.07, 6.45) is 7.27. The first-order chi connectivity index (χ1) is 20.5. The van der Waals surface area contributed by atoms with Crippen LogP contribution in [0, 0.1) is 0 Å². The van der Waals surface area contributed by atoms with Crippen LogP contribution in [0.3, 0.4) is 0 Å². The van der Waals surface area contributed by atoms with Crippen LogP contribution >= 0.6 is 0 Å². The second-order valence-corrected chi connectivity index (χ2v) is 10.3. The maximum Gasteiger partial charge on any atom is 0.248 e. The summed E-state index contributed by atoms with van der Waals surface area (Å²) in [6.45, 7) is 2.42. The molecular weight excluding hydrogens is 532 g/mol. The molecule has 3 aromatic rings. The molecule has 0 saturated heterocycles. The molecule has 1 aliphatic carbocycles. The van der Waals surface area contributed by atoms with Crippen LogP contribution in [-0.4, -0.2) is 42.5 Å². The van der Waals surface area contributed by atoms with E-state index < -0.39 is 6.04 Å². The minimum atomic E-state index is -0.911. The molecule has 4 rings (SSSR count). The Balaban J connectivity index is 1.60. The average Bonchev–Trinajstić information content (AvgIpc) is 3.01. The van der Waals surface area contributed by atoms with Gasteiger partial charge < -0.3 is 20.1 Å². The van der Waals surface area contributed by atoms with Crippen molar-refractivity contribution in [3.05, 3.63) is 78.5 Å². The SMILES string of the molecule is CCOc1ccc(N(C(=O)CCCC(=O)Nc2ccccn2)[C@@H](C(=O)NC2CCCCC2)c2ccc(OC)cc2)cc1. The number of ether oxygens (including phenoxy) is 2. The lowest BCUT2D eigenvalue weighted by Gasteiger charge is -2.33. The standard InChI is InChI=1S/C33H40N4O5/c1-3-42-28-21-17-26(18-22-28)37(31(39)14-9-13-30(38)36-29-12-7-8-23-34-29)32(24-15-19-27(41-2)20-16-24)33(40)35-25-10-5-4-6-11-25/h7-8,12,15-23,25,32H,3-6,9-11,13-14H2,1-2H3,(H,35,40)(H,34,36,38)/t32-/m1/s1. The number of anilines is 2. The topological polar surface area (TPSA) is 110 Å². The molecule has 3 amide bonds. The number of pyridine rings is 1. The largest absolute Gasteiger partial charge is 0.497 e. The van der Waals surface area contributed by atoms with Gasteiger partial charge in [-0.25, -0.2) is 4.98 Å². The zero-order valence-electron chi connectivity index (χ0n) is 24.4. The molecule has 2 aromatic carbocycles. The van der Waals surface area contributed by atoms with Crippen LogP contribution < -0.4 is 25.0 Å². The minimum absolute atomic E-state index is 0.0690. The molecule has 1 fully saturated rings. The number of methoxy groups -OCH3 is 1. The molecule has 222 valence electrons. The van der Waals surface area contributed by atoms with Gasteiger partial charge in [-0.3, -0.25) is 19.3 Å². The van der Waals surface area contributed by atoms with Crippen molar-refractivity contribution in [3.8, 4) is 11.5 Å². The highest BCUT2D eigenvalue weighted by atomic mass is 16.5. The average molecular weight is 573 g/mol. The molecule has 9 heteroatoms. The van der Waals surface area contributed by atoms with E-state index in [9.17, 15) is 14.4 Å². The summed E-state index contributed by atoms with van der Waals surface area (Å²) < 4.78 is 11.0. The summed E-state index contributed by atoms with van der Waals surface area (Å²) in [5.41, 5.74) is 1.24. The smallest absolute Gasteiger partial charge is 0.248 e. The van der Waals surface area contributed by atoms with E-state index in [1.807, 2.05) is 19.1 Å². The summed E-state index contributed by atoms with van der Waals surface area (Å²) in [6, 6.07) is 18.8. The third-order valence-corrected chi connectivity index (χ3v) is 7.31. The van der Waals surface area contributed by atoms with Gasteiger partial charge in [-0.15, -0.1) is 0 Å². The highest BCUT2D eigenvalue weighted by Crippen LogP contribution is 2.32. The Hall–Kier alpha value is -4.40. The molecule has 1 aromatic heterocycles. The van der Waals surface area contributed by atoms with Crippen molar-refractivity contribution in [3.63, 3.8) is 0 Å². The van der Waals surface area contributed by atoms with Gasteiger partial charge in [-0.1, -0.05) is 37.5 Å². The molecule has 0 aliphatic heterocycles. The van der Waals surface area contributed by atoms with Crippen LogP contribution in [0.2, 0.25) is 0 Å². The van der Waals surface area contributed by atoms with Crippen molar-refractivity contribution in [1.29, 1.82) is 0 Å². The van der Waals surface area contributed by atoms with Gasteiger partial charge in [-0.05, 0) is 80.3 Å². The quantitative estimate of drug-likeness (QED) is 0.267. The second kappa shape index (κ2) is 15.6. The van der Waals surface area contributed by atoms with Crippen LogP contribution in [-0.2, 0) is 14.4 Å². The molecular formula is C33H40N4O5. The number of hydrogen-bond donors (Lipinski definition) is 2. The lowest BCUT2D eigenvalue weighted by Crippen LogP contribution is -2.47. The molecule has 1 atom stereocenters. The molecule has 0 spiro atoms. The third-order valence-electron chi connectivity index (χ3n) is 7.31. The summed E-state index contributed by atoms with van der Waals surface area (Å²) >= 11 is 0. The Bertz CT molecular complexity index is 1290. The van der Waals surface area contributed by atoms with E-state index >= 15 is 0 Å². The molecule has 1 saturated carbocycles. The fourth-order valence-electron chi connectivity index (χ4n) is 5.20. The monoisotopic (exact) mass is 572 g/mol. The van der Waals surface area contributed by atoms with Crippen molar-refractivity contribution in [1.82, 2.24) is 10.3 Å². The molecule has 9 nitrogen and oxygen atoms in total. The van der Waals surface area contributed by atoms with Gasteiger partial charge in [0.15, 0.2) is 0 Å². The van der Waals surface area contributed by atoms with Gasteiger partial charge in [0.1, 0.15) is 23.4 Å². The highest BCUT2D eigenvalue weighted by Gasteiger charge is 2.34. The number of aromatic nitrogens is 1. The van der Waals surface area contributed by atoms with E-state index in [0.717, 1.165) is 25.7 Å².